The van der Waals surface area contributed by atoms with Crippen molar-refractivity contribution in [3.63, 3.8) is 0 Å². The molecule has 2 aliphatic rings. The summed E-state index contributed by atoms with van der Waals surface area (Å²) in [5.74, 6) is 1.72. The quantitative estimate of drug-likeness (QED) is 0.253. The first kappa shape index (κ1) is 28.2. The van der Waals surface area contributed by atoms with E-state index in [1.54, 1.807) is 0 Å². The van der Waals surface area contributed by atoms with E-state index in [0.29, 0.717) is 5.92 Å². The summed E-state index contributed by atoms with van der Waals surface area (Å²) in [6.45, 7) is 12.1. The van der Waals surface area contributed by atoms with E-state index >= 15 is 0 Å². The third-order valence-corrected chi connectivity index (χ3v) is 9.13. The Morgan fingerprint density at radius 1 is 1.00 bits per heavy atom. The average molecular weight is 562 g/mol. The molecule has 1 aliphatic heterocycles. The smallest absolute Gasteiger partial charge is 0.225 e. The van der Waals surface area contributed by atoms with E-state index in [4.69, 9.17) is 10.1 Å². The molecule has 1 amide bonds. The third-order valence-electron chi connectivity index (χ3n) is 9.13. The van der Waals surface area contributed by atoms with Crippen molar-refractivity contribution in [2.75, 3.05) is 18.4 Å². The largest absolute Gasteiger partial charge is 0.378 e. The van der Waals surface area contributed by atoms with Crippen molar-refractivity contribution in [1.29, 1.82) is 0 Å². The molecule has 2 aromatic heterocycles. The second kappa shape index (κ2) is 11.7. The molecule has 1 atom stereocenters. The van der Waals surface area contributed by atoms with Gasteiger partial charge >= 0.3 is 0 Å². The average Bonchev–Trinajstić information content (AvgIpc) is 3.60. The number of nitrogens with one attached hydrogen (secondary N) is 1. The zero-order valence-electron chi connectivity index (χ0n) is 25.7. The number of aromatic nitrogens is 3. The van der Waals surface area contributed by atoms with E-state index < -0.39 is 0 Å². The first-order valence-electron chi connectivity index (χ1n) is 15.6. The molecule has 0 bridgehead atoms. The van der Waals surface area contributed by atoms with Crippen molar-refractivity contribution >= 4 is 11.6 Å². The molecule has 218 valence electrons. The molecule has 6 nitrogen and oxygen atoms in total. The number of aryl methyl sites for hydroxylation is 4. The van der Waals surface area contributed by atoms with Crippen molar-refractivity contribution in [3.8, 4) is 17.1 Å². The second-order valence-electron chi connectivity index (χ2n) is 12.4. The van der Waals surface area contributed by atoms with Crippen LogP contribution < -0.4 is 5.32 Å². The highest BCUT2D eigenvalue weighted by molar-refractivity contribution is 5.78. The van der Waals surface area contributed by atoms with Gasteiger partial charge < -0.3 is 10.2 Å². The van der Waals surface area contributed by atoms with Crippen molar-refractivity contribution in [1.82, 2.24) is 19.7 Å². The fourth-order valence-corrected chi connectivity index (χ4v) is 6.78. The summed E-state index contributed by atoms with van der Waals surface area (Å²) in [5.41, 5.74) is 11.0. The van der Waals surface area contributed by atoms with Crippen LogP contribution in [0.3, 0.4) is 0 Å². The molecule has 1 N–H and O–H groups in total. The molecule has 0 radical (unpaired) electrons. The minimum Gasteiger partial charge on any atom is -0.378 e. The summed E-state index contributed by atoms with van der Waals surface area (Å²) in [4.78, 5) is 19.6. The summed E-state index contributed by atoms with van der Waals surface area (Å²) in [7, 11) is 0. The number of pyridine rings is 1. The van der Waals surface area contributed by atoms with Crippen LogP contribution in [0, 0.1) is 19.8 Å². The van der Waals surface area contributed by atoms with Gasteiger partial charge in [-0.2, -0.15) is 5.10 Å². The molecule has 4 aromatic rings. The first-order valence-corrected chi connectivity index (χ1v) is 15.6. The van der Waals surface area contributed by atoms with Crippen LogP contribution in [0.4, 0.5) is 5.69 Å². The zero-order valence-corrected chi connectivity index (χ0v) is 25.7. The van der Waals surface area contributed by atoms with Crippen LogP contribution in [-0.2, 0) is 17.6 Å². The molecular formula is C36H43N5O. The van der Waals surface area contributed by atoms with Crippen LogP contribution in [0.15, 0.2) is 60.7 Å². The van der Waals surface area contributed by atoms with Gasteiger partial charge in [-0.1, -0.05) is 57.2 Å². The van der Waals surface area contributed by atoms with Gasteiger partial charge in [-0.25, -0.2) is 9.67 Å². The summed E-state index contributed by atoms with van der Waals surface area (Å²) < 4.78 is 1.96. The lowest BCUT2D eigenvalue weighted by Gasteiger charge is -2.33. The number of rotatable bonds is 7. The lowest BCUT2D eigenvalue weighted by Crippen LogP contribution is -2.40. The minimum absolute atomic E-state index is 0.0738. The third kappa shape index (κ3) is 5.47. The van der Waals surface area contributed by atoms with Gasteiger partial charge in [0.25, 0.3) is 0 Å². The molecular weight excluding hydrogens is 518 g/mol. The number of anilines is 1. The van der Waals surface area contributed by atoms with E-state index in [-0.39, 0.29) is 17.9 Å². The van der Waals surface area contributed by atoms with Gasteiger partial charge in [0, 0.05) is 36.0 Å². The van der Waals surface area contributed by atoms with Crippen LogP contribution >= 0.6 is 0 Å². The number of fused-ring (bicyclic) bond motifs is 1. The standard InChI is InChI=1S/C36H43N5O/c1-6-29-22-25(5)41(39-29)34-12-8-11-32(38-34)30-10-7-9-27-13-16-33(35(27)30)37-31-15-14-28(21-24(31)4)26-17-19-40(20-18-26)36(42)23(2)3/h7-12,14-15,21-23,26,33,37H,6,13,16-20H2,1-5H3. The van der Waals surface area contributed by atoms with Crippen molar-refractivity contribution in [3.05, 3.63) is 94.3 Å². The molecule has 1 fully saturated rings. The number of hydrogen-bond acceptors (Lipinski definition) is 4. The molecule has 6 heteroatoms. The van der Waals surface area contributed by atoms with Crippen LogP contribution in [0.5, 0.6) is 0 Å². The maximum absolute atomic E-state index is 12.4. The summed E-state index contributed by atoms with van der Waals surface area (Å²) >= 11 is 0. The van der Waals surface area contributed by atoms with E-state index in [1.807, 2.05) is 29.5 Å². The summed E-state index contributed by atoms with van der Waals surface area (Å²) in [5, 5.41) is 8.68. The highest BCUT2D eigenvalue weighted by Crippen LogP contribution is 2.41. The Hall–Kier alpha value is -3.93. The first-order chi connectivity index (χ1) is 20.3. The normalized spacial score (nSPS) is 17.1. The maximum Gasteiger partial charge on any atom is 0.225 e. The molecule has 1 unspecified atom stereocenters. The second-order valence-corrected chi connectivity index (χ2v) is 12.4. The molecule has 2 aromatic carbocycles. The van der Waals surface area contributed by atoms with E-state index in [9.17, 15) is 4.79 Å². The SMILES string of the molecule is CCc1cc(C)n(-c2cccc(-c3cccc4c3C(Nc3ccc(C5CCN(C(=O)C(C)C)CC5)cc3C)CC4)n2)n1. The number of amides is 1. The van der Waals surface area contributed by atoms with Gasteiger partial charge in [0.15, 0.2) is 5.82 Å². The lowest BCUT2D eigenvalue weighted by molar-refractivity contribution is -0.135. The van der Waals surface area contributed by atoms with Crippen LogP contribution in [0.25, 0.3) is 17.1 Å². The zero-order chi connectivity index (χ0) is 29.4. The van der Waals surface area contributed by atoms with E-state index in [2.05, 4.69) is 80.7 Å². The van der Waals surface area contributed by atoms with Crippen LogP contribution in [0.1, 0.15) is 85.6 Å². The molecule has 1 saturated heterocycles. The van der Waals surface area contributed by atoms with Gasteiger partial charge in [-0.05, 0) is 98.4 Å². The number of likely N-dealkylation sites (tertiary alicyclic amines) is 1. The Kier molecular flexibility index (Phi) is 7.89. The Bertz CT molecular complexity index is 1590. The summed E-state index contributed by atoms with van der Waals surface area (Å²) in [6, 6.07) is 22.2. The predicted octanol–water partition coefficient (Wildman–Crippen LogP) is 7.57. The predicted molar refractivity (Wildman–Crippen MR) is 170 cm³/mol. The minimum atomic E-state index is 0.0738. The Balaban J connectivity index is 1.22. The molecule has 3 heterocycles. The van der Waals surface area contributed by atoms with Crippen LogP contribution in [-0.4, -0.2) is 38.7 Å². The Labute approximate surface area is 250 Å². The number of carbonyl (C=O) groups is 1. The summed E-state index contributed by atoms with van der Waals surface area (Å²) in [6.07, 6.45) is 5.10. The van der Waals surface area contributed by atoms with Gasteiger partial charge in [-0.15, -0.1) is 0 Å². The van der Waals surface area contributed by atoms with Gasteiger partial charge in [-0.3, -0.25) is 4.79 Å². The fourth-order valence-electron chi connectivity index (χ4n) is 6.78. The van der Waals surface area contributed by atoms with Crippen LogP contribution in [0.2, 0.25) is 0 Å². The van der Waals surface area contributed by atoms with E-state index in [1.165, 1.54) is 33.5 Å². The number of benzene rings is 2. The van der Waals surface area contributed by atoms with Crippen molar-refractivity contribution < 1.29 is 4.79 Å². The van der Waals surface area contributed by atoms with Crippen molar-refractivity contribution in [2.45, 2.75) is 78.7 Å². The van der Waals surface area contributed by atoms with E-state index in [0.717, 1.165) is 68.1 Å². The molecule has 6 rings (SSSR count). The van der Waals surface area contributed by atoms with Gasteiger partial charge in [0.05, 0.1) is 17.4 Å². The highest BCUT2D eigenvalue weighted by atomic mass is 16.2. The fraction of sp³-hybridized carbons (Fsp3) is 0.417. The molecule has 0 saturated carbocycles. The highest BCUT2D eigenvalue weighted by Gasteiger charge is 2.28. The molecule has 1 aliphatic carbocycles. The van der Waals surface area contributed by atoms with Crippen molar-refractivity contribution in [2.24, 2.45) is 5.92 Å². The number of piperidine rings is 1. The number of hydrogen-bond donors (Lipinski definition) is 1. The van der Waals surface area contributed by atoms with Gasteiger partial charge in [0.1, 0.15) is 0 Å². The monoisotopic (exact) mass is 561 g/mol. The number of carbonyl (C=O) groups excluding carboxylic acids is 1. The number of nitrogens with zero attached hydrogens (tertiary/aromatic N) is 4. The lowest BCUT2D eigenvalue weighted by atomic mass is 9.88. The van der Waals surface area contributed by atoms with Gasteiger partial charge in [0.2, 0.25) is 5.91 Å². The Morgan fingerprint density at radius 2 is 1.79 bits per heavy atom. The molecule has 0 spiro atoms. The molecule has 42 heavy (non-hydrogen) atoms. The maximum atomic E-state index is 12.4. The Morgan fingerprint density at radius 3 is 2.50 bits per heavy atom. The topological polar surface area (TPSA) is 63.1 Å².